The van der Waals surface area contributed by atoms with Crippen molar-refractivity contribution in [1.29, 1.82) is 0 Å². The van der Waals surface area contributed by atoms with Gasteiger partial charge in [0.25, 0.3) is 0 Å². The number of aromatic nitrogens is 2. The van der Waals surface area contributed by atoms with E-state index in [1.807, 2.05) is 5.38 Å². The lowest BCUT2D eigenvalue weighted by atomic mass is 9.79. The van der Waals surface area contributed by atoms with Gasteiger partial charge in [0.1, 0.15) is 16.3 Å². The molecule has 1 saturated heterocycles. The summed E-state index contributed by atoms with van der Waals surface area (Å²) in [5.41, 5.74) is 1.10. The lowest BCUT2D eigenvalue weighted by molar-refractivity contribution is -0.139. The fourth-order valence-corrected chi connectivity index (χ4v) is 6.83. The molecule has 0 aliphatic carbocycles. The molecule has 0 radical (unpaired) electrons. The largest absolute Gasteiger partial charge is 0.497 e. The van der Waals surface area contributed by atoms with Gasteiger partial charge in [-0.25, -0.2) is 9.37 Å². The summed E-state index contributed by atoms with van der Waals surface area (Å²) in [5.74, 6) is 0.904. The number of benzene rings is 1. The number of hydrogen-bond donors (Lipinski definition) is 1. The third-order valence-electron chi connectivity index (χ3n) is 6.63. The van der Waals surface area contributed by atoms with Crippen molar-refractivity contribution in [2.75, 3.05) is 32.5 Å². The number of carboxylic acids is 1. The Hall–Kier alpha value is -1.94. The average molecular weight is 538 g/mol. The van der Waals surface area contributed by atoms with Crippen LogP contribution in [0.5, 0.6) is 5.75 Å². The first-order chi connectivity index (χ1) is 16.9. The summed E-state index contributed by atoms with van der Waals surface area (Å²) in [6.07, 6.45) is 3.91. The number of ether oxygens (including phenoxy) is 1. The molecule has 1 N–H and O–H groups in total. The highest BCUT2D eigenvalue weighted by Gasteiger charge is 2.31. The molecule has 1 fully saturated rings. The van der Waals surface area contributed by atoms with Crippen molar-refractivity contribution in [2.24, 2.45) is 11.8 Å². The molecule has 6 nitrogen and oxygen atoms in total. The first kappa shape index (κ1) is 26.1. The number of piperidine rings is 1. The quantitative estimate of drug-likeness (QED) is 0.286. The summed E-state index contributed by atoms with van der Waals surface area (Å²) in [4.78, 5) is 22.5. The summed E-state index contributed by atoms with van der Waals surface area (Å²) in [5, 5.41) is 12.4. The minimum Gasteiger partial charge on any atom is -0.497 e. The summed E-state index contributed by atoms with van der Waals surface area (Å²) < 4.78 is 22.0. The predicted molar refractivity (Wildman–Crippen MR) is 140 cm³/mol. The van der Waals surface area contributed by atoms with Crippen molar-refractivity contribution in [1.82, 2.24) is 14.9 Å². The minimum atomic E-state index is -1.27. The monoisotopic (exact) mass is 537 g/mol. The van der Waals surface area contributed by atoms with Crippen LogP contribution >= 0.6 is 34.7 Å². The number of methoxy groups -OCH3 is 1. The molecule has 1 aromatic carbocycles. The van der Waals surface area contributed by atoms with Crippen molar-refractivity contribution in [3.63, 3.8) is 0 Å². The van der Waals surface area contributed by atoms with Crippen LogP contribution in [0.25, 0.3) is 10.9 Å². The van der Waals surface area contributed by atoms with E-state index in [2.05, 4.69) is 14.9 Å². The molecule has 35 heavy (non-hydrogen) atoms. The molecule has 1 aliphatic rings. The minimum absolute atomic E-state index is 0.00284. The van der Waals surface area contributed by atoms with Crippen molar-refractivity contribution >= 4 is 51.6 Å². The second-order valence-electron chi connectivity index (χ2n) is 8.80. The van der Waals surface area contributed by atoms with Crippen LogP contribution in [0.3, 0.4) is 0 Å². The number of nitrogens with zero attached hydrogens (tertiary/aromatic N) is 3. The van der Waals surface area contributed by atoms with E-state index in [0.29, 0.717) is 33.7 Å². The number of fused-ring (bicyclic) bond motifs is 1. The molecule has 0 bridgehead atoms. The second kappa shape index (κ2) is 12.3. The highest BCUT2D eigenvalue weighted by atomic mass is 35.5. The standard InChI is InChI=1S/C25H29ClFN3O3S2/c1-33-18-3-5-22-19(13-18)24(20(26)14-29-22)21(27)4-2-16-6-8-30(15-17(16)12-23(31)32)9-11-35-25-28-7-10-34-25/h3,5,7,10,13-14,16-17,21H,2,4,6,8-9,11-12,15H2,1H3,(H,31,32). The number of thiazole rings is 1. The van der Waals surface area contributed by atoms with Gasteiger partial charge in [-0.3, -0.25) is 9.78 Å². The average Bonchev–Trinajstić information content (AvgIpc) is 3.36. The topological polar surface area (TPSA) is 75.5 Å². The Morgan fingerprint density at radius 2 is 2.26 bits per heavy atom. The Balaban J connectivity index is 1.39. The van der Waals surface area contributed by atoms with E-state index in [9.17, 15) is 9.90 Å². The number of aliphatic carboxylic acids is 1. The number of pyridine rings is 1. The van der Waals surface area contributed by atoms with Crippen molar-refractivity contribution in [3.8, 4) is 5.75 Å². The van der Waals surface area contributed by atoms with E-state index in [4.69, 9.17) is 16.3 Å². The zero-order valence-corrected chi connectivity index (χ0v) is 21.9. The van der Waals surface area contributed by atoms with Gasteiger partial charge in [-0.05, 0) is 55.8 Å². The molecule has 3 unspecified atom stereocenters. The Morgan fingerprint density at radius 1 is 1.40 bits per heavy atom. The van der Waals surface area contributed by atoms with E-state index in [0.717, 1.165) is 36.1 Å². The molecule has 3 atom stereocenters. The van der Waals surface area contributed by atoms with Crippen molar-refractivity contribution in [2.45, 2.75) is 36.2 Å². The SMILES string of the molecule is COc1ccc2ncc(Cl)c(C(F)CCC3CCN(CCSc4nccs4)CC3CC(=O)O)c2c1. The van der Waals surface area contributed by atoms with E-state index < -0.39 is 12.1 Å². The highest BCUT2D eigenvalue weighted by Crippen LogP contribution is 2.39. The van der Waals surface area contributed by atoms with Gasteiger partial charge in [-0.15, -0.1) is 11.3 Å². The van der Waals surface area contributed by atoms with E-state index in [1.54, 1.807) is 54.6 Å². The van der Waals surface area contributed by atoms with Crippen LogP contribution in [0.4, 0.5) is 4.39 Å². The van der Waals surface area contributed by atoms with E-state index in [1.165, 1.54) is 6.20 Å². The number of hydrogen-bond acceptors (Lipinski definition) is 7. The van der Waals surface area contributed by atoms with Gasteiger partial charge in [0.2, 0.25) is 0 Å². The number of carbonyl (C=O) groups is 1. The molecule has 0 saturated carbocycles. The third kappa shape index (κ3) is 6.84. The van der Waals surface area contributed by atoms with Crippen LogP contribution in [-0.4, -0.2) is 58.4 Å². The Morgan fingerprint density at radius 3 is 3.00 bits per heavy atom. The zero-order chi connectivity index (χ0) is 24.8. The van der Waals surface area contributed by atoms with Gasteiger partial charge in [-0.1, -0.05) is 23.4 Å². The molecule has 0 spiro atoms. The summed E-state index contributed by atoms with van der Waals surface area (Å²) in [6, 6.07) is 5.36. The first-order valence-corrected chi connectivity index (χ1v) is 13.9. The zero-order valence-electron chi connectivity index (χ0n) is 19.5. The number of carboxylic acid groups (broad SMARTS) is 1. The van der Waals surface area contributed by atoms with Crippen LogP contribution < -0.4 is 4.74 Å². The molecular weight excluding hydrogens is 509 g/mol. The van der Waals surface area contributed by atoms with Crippen molar-refractivity contribution in [3.05, 3.63) is 46.6 Å². The van der Waals surface area contributed by atoms with Gasteiger partial charge < -0.3 is 14.7 Å². The van der Waals surface area contributed by atoms with Crippen molar-refractivity contribution < 1.29 is 19.0 Å². The van der Waals surface area contributed by atoms with Crippen LogP contribution in [0.2, 0.25) is 5.02 Å². The maximum Gasteiger partial charge on any atom is 0.303 e. The lowest BCUT2D eigenvalue weighted by Gasteiger charge is -2.38. The van der Waals surface area contributed by atoms with Gasteiger partial charge in [0, 0.05) is 54.0 Å². The van der Waals surface area contributed by atoms with Gasteiger partial charge in [-0.2, -0.15) is 0 Å². The second-order valence-corrected chi connectivity index (χ2v) is 11.4. The summed E-state index contributed by atoms with van der Waals surface area (Å²) in [6.45, 7) is 2.51. The Labute approximate surface area is 217 Å². The highest BCUT2D eigenvalue weighted by molar-refractivity contribution is 8.01. The smallest absolute Gasteiger partial charge is 0.303 e. The van der Waals surface area contributed by atoms with E-state index >= 15 is 4.39 Å². The molecule has 1 aliphatic heterocycles. The lowest BCUT2D eigenvalue weighted by Crippen LogP contribution is -2.42. The van der Waals surface area contributed by atoms with Gasteiger partial charge in [0.15, 0.2) is 0 Å². The van der Waals surface area contributed by atoms with Crippen LogP contribution in [0.1, 0.15) is 37.4 Å². The Bertz CT molecular complexity index is 1130. The molecule has 4 rings (SSSR count). The number of alkyl halides is 1. The maximum absolute atomic E-state index is 15.6. The van der Waals surface area contributed by atoms with E-state index in [-0.39, 0.29) is 24.7 Å². The fraction of sp³-hybridized carbons (Fsp3) is 0.480. The number of likely N-dealkylation sites (tertiary alicyclic amines) is 1. The fourth-order valence-electron chi connectivity index (χ4n) is 4.86. The molecule has 2 aromatic heterocycles. The number of rotatable bonds is 11. The maximum atomic E-state index is 15.6. The van der Waals surface area contributed by atoms with Gasteiger partial charge in [0.05, 0.1) is 17.6 Å². The van der Waals surface area contributed by atoms with Crippen LogP contribution in [0, 0.1) is 11.8 Å². The Kier molecular flexibility index (Phi) is 9.21. The van der Waals surface area contributed by atoms with Crippen LogP contribution in [-0.2, 0) is 4.79 Å². The normalized spacial score (nSPS) is 19.6. The third-order valence-corrected chi connectivity index (χ3v) is 8.87. The van der Waals surface area contributed by atoms with Gasteiger partial charge >= 0.3 is 5.97 Å². The molecule has 3 heterocycles. The van der Waals surface area contributed by atoms with Crippen LogP contribution in [0.15, 0.2) is 40.3 Å². The number of halogens is 2. The first-order valence-electron chi connectivity index (χ1n) is 11.7. The molecular formula is C25H29ClFN3O3S2. The summed E-state index contributed by atoms with van der Waals surface area (Å²) in [7, 11) is 1.57. The predicted octanol–water partition coefficient (Wildman–Crippen LogP) is 6.35. The molecule has 188 valence electrons. The number of thioether (sulfide) groups is 1. The molecule has 10 heteroatoms. The molecule has 3 aromatic rings. The summed E-state index contributed by atoms with van der Waals surface area (Å²) >= 11 is 9.74. The molecule has 0 amide bonds.